The predicted octanol–water partition coefficient (Wildman–Crippen LogP) is 3.24. The van der Waals surface area contributed by atoms with E-state index < -0.39 is 0 Å². The number of rotatable bonds is 4. The van der Waals surface area contributed by atoms with Gasteiger partial charge in [-0.25, -0.2) is 4.98 Å². The van der Waals surface area contributed by atoms with Crippen LogP contribution in [0.5, 0.6) is 0 Å². The summed E-state index contributed by atoms with van der Waals surface area (Å²) in [6.07, 6.45) is 2.55. The van der Waals surface area contributed by atoms with Crippen molar-refractivity contribution in [2.75, 3.05) is 27.2 Å². The first-order valence-corrected chi connectivity index (χ1v) is 8.45. The molecule has 1 aliphatic heterocycles. The van der Waals surface area contributed by atoms with Crippen LogP contribution in [0.1, 0.15) is 24.3 Å². The van der Waals surface area contributed by atoms with Crippen molar-refractivity contribution in [1.29, 1.82) is 0 Å². The number of likely N-dealkylation sites (N-methyl/N-ethyl adjacent to an activating group) is 1. The van der Waals surface area contributed by atoms with Gasteiger partial charge in [-0.2, -0.15) is 11.3 Å². The van der Waals surface area contributed by atoms with Crippen molar-refractivity contribution in [2.45, 2.75) is 32.4 Å². The van der Waals surface area contributed by atoms with E-state index in [-0.39, 0.29) is 0 Å². The lowest BCUT2D eigenvalue weighted by Crippen LogP contribution is -2.44. The fourth-order valence-electron chi connectivity index (χ4n) is 2.89. The highest BCUT2D eigenvalue weighted by Crippen LogP contribution is 2.25. The molecule has 0 aliphatic carbocycles. The summed E-state index contributed by atoms with van der Waals surface area (Å²) in [6, 6.07) is 2.71. The number of piperidine rings is 1. The lowest BCUT2D eigenvalue weighted by Gasteiger charge is -2.35. The van der Waals surface area contributed by atoms with Crippen LogP contribution in [-0.4, -0.2) is 48.0 Å². The van der Waals surface area contributed by atoms with Crippen molar-refractivity contribution in [3.8, 4) is 11.5 Å². The monoisotopic (exact) mass is 305 g/mol. The molecule has 5 heteroatoms. The van der Waals surface area contributed by atoms with E-state index in [4.69, 9.17) is 9.40 Å². The molecular weight excluding hydrogens is 282 g/mol. The molecule has 21 heavy (non-hydrogen) atoms. The van der Waals surface area contributed by atoms with Crippen LogP contribution >= 0.6 is 11.3 Å². The second-order valence-electron chi connectivity index (χ2n) is 6.03. The summed E-state index contributed by atoms with van der Waals surface area (Å²) in [7, 11) is 4.34. The molecule has 3 heterocycles. The van der Waals surface area contributed by atoms with Crippen molar-refractivity contribution in [2.24, 2.45) is 0 Å². The summed E-state index contributed by atoms with van der Waals surface area (Å²) in [6.45, 7) is 5.19. The van der Waals surface area contributed by atoms with Crippen LogP contribution in [0.3, 0.4) is 0 Å². The van der Waals surface area contributed by atoms with Gasteiger partial charge in [-0.15, -0.1) is 0 Å². The minimum absolute atomic E-state index is 0.655. The lowest BCUT2D eigenvalue weighted by atomic mass is 10.0. The van der Waals surface area contributed by atoms with Gasteiger partial charge >= 0.3 is 0 Å². The van der Waals surface area contributed by atoms with Crippen LogP contribution in [0.25, 0.3) is 11.5 Å². The lowest BCUT2D eigenvalue weighted by molar-refractivity contribution is 0.126. The Kier molecular flexibility index (Phi) is 4.42. The fourth-order valence-corrected chi connectivity index (χ4v) is 3.52. The van der Waals surface area contributed by atoms with E-state index in [1.807, 2.05) is 6.92 Å². The van der Waals surface area contributed by atoms with Gasteiger partial charge in [0.1, 0.15) is 5.76 Å². The molecule has 1 fully saturated rings. The normalized spacial score (nSPS) is 20.3. The average Bonchev–Trinajstić information content (AvgIpc) is 3.10. The number of oxazole rings is 1. The van der Waals surface area contributed by atoms with E-state index in [0.29, 0.717) is 6.04 Å². The molecule has 4 nitrogen and oxygen atoms in total. The summed E-state index contributed by atoms with van der Waals surface area (Å²) in [5, 5.41) is 4.14. The zero-order chi connectivity index (χ0) is 14.8. The zero-order valence-electron chi connectivity index (χ0n) is 13.0. The molecule has 0 aromatic carbocycles. The summed E-state index contributed by atoms with van der Waals surface area (Å²) in [5.74, 6) is 1.70. The van der Waals surface area contributed by atoms with E-state index in [9.17, 15) is 0 Å². The van der Waals surface area contributed by atoms with Gasteiger partial charge in [-0.3, -0.25) is 4.90 Å². The standard InChI is InChI=1S/C16H23N3OS/c1-12-15(17-16(20-12)13-6-8-21-11-13)10-19-7-4-5-14(9-19)18(2)3/h6,8,11,14H,4-5,7,9-10H2,1-3H3/t14-/m1/s1. The second kappa shape index (κ2) is 6.30. The fraction of sp³-hybridized carbons (Fsp3) is 0.562. The summed E-state index contributed by atoms with van der Waals surface area (Å²) < 4.78 is 5.83. The number of thiophene rings is 1. The van der Waals surface area contributed by atoms with Crippen LogP contribution in [0.2, 0.25) is 0 Å². The van der Waals surface area contributed by atoms with Gasteiger partial charge in [-0.05, 0) is 51.9 Å². The maximum atomic E-state index is 5.83. The quantitative estimate of drug-likeness (QED) is 0.868. The Morgan fingerprint density at radius 1 is 1.48 bits per heavy atom. The molecule has 0 bridgehead atoms. The number of hydrogen-bond acceptors (Lipinski definition) is 5. The molecule has 0 saturated carbocycles. The van der Waals surface area contributed by atoms with Gasteiger partial charge in [0.05, 0.1) is 5.69 Å². The molecule has 0 unspecified atom stereocenters. The van der Waals surface area contributed by atoms with E-state index >= 15 is 0 Å². The van der Waals surface area contributed by atoms with Crippen LogP contribution in [0, 0.1) is 6.92 Å². The Hall–Kier alpha value is -1.17. The minimum atomic E-state index is 0.655. The molecule has 2 aromatic heterocycles. The molecule has 0 amide bonds. The first-order chi connectivity index (χ1) is 10.1. The third-order valence-electron chi connectivity index (χ3n) is 4.25. The third-order valence-corrected chi connectivity index (χ3v) is 4.93. The topological polar surface area (TPSA) is 32.5 Å². The molecule has 0 spiro atoms. The van der Waals surface area contributed by atoms with Gasteiger partial charge in [-0.1, -0.05) is 0 Å². The number of likely N-dealkylation sites (tertiary alicyclic amines) is 1. The Balaban J connectivity index is 1.70. The summed E-state index contributed by atoms with van der Waals surface area (Å²) >= 11 is 1.67. The minimum Gasteiger partial charge on any atom is -0.441 e. The SMILES string of the molecule is Cc1oc(-c2ccsc2)nc1CN1CCC[C@@H](N(C)C)C1. The zero-order valence-corrected chi connectivity index (χ0v) is 13.8. The van der Waals surface area contributed by atoms with Crippen molar-refractivity contribution in [1.82, 2.24) is 14.8 Å². The van der Waals surface area contributed by atoms with Gasteiger partial charge < -0.3 is 9.32 Å². The van der Waals surface area contributed by atoms with Crippen LogP contribution in [0.15, 0.2) is 21.2 Å². The summed E-state index contributed by atoms with van der Waals surface area (Å²) in [5.41, 5.74) is 2.16. The second-order valence-corrected chi connectivity index (χ2v) is 6.81. The van der Waals surface area contributed by atoms with Crippen LogP contribution in [0.4, 0.5) is 0 Å². The molecule has 3 rings (SSSR count). The van der Waals surface area contributed by atoms with Gasteiger partial charge in [0.15, 0.2) is 0 Å². The Labute approximate surface area is 130 Å². The van der Waals surface area contributed by atoms with Crippen LogP contribution < -0.4 is 0 Å². The Morgan fingerprint density at radius 2 is 2.33 bits per heavy atom. The van der Waals surface area contributed by atoms with E-state index in [0.717, 1.165) is 42.5 Å². The maximum absolute atomic E-state index is 5.83. The molecule has 1 atom stereocenters. The average molecular weight is 305 g/mol. The number of aryl methyl sites for hydroxylation is 1. The highest BCUT2D eigenvalue weighted by molar-refractivity contribution is 7.08. The smallest absolute Gasteiger partial charge is 0.227 e. The molecule has 114 valence electrons. The summed E-state index contributed by atoms with van der Waals surface area (Å²) in [4.78, 5) is 9.53. The van der Waals surface area contributed by atoms with Crippen molar-refractivity contribution in [3.05, 3.63) is 28.3 Å². The molecule has 1 saturated heterocycles. The van der Waals surface area contributed by atoms with Gasteiger partial charge in [0.25, 0.3) is 0 Å². The van der Waals surface area contributed by atoms with Crippen molar-refractivity contribution in [3.63, 3.8) is 0 Å². The highest BCUT2D eigenvalue weighted by atomic mass is 32.1. The molecule has 0 N–H and O–H groups in total. The molecule has 2 aromatic rings. The van der Waals surface area contributed by atoms with E-state index in [1.165, 1.54) is 12.8 Å². The van der Waals surface area contributed by atoms with Crippen LogP contribution in [-0.2, 0) is 6.54 Å². The largest absolute Gasteiger partial charge is 0.441 e. The maximum Gasteiger partial charge on any atom is 0.227 e. The van der Waals surface area contributed by atoms with E-state index in [1.54, 1.807) is 11.3 Å². The first kappa shape index (κ1) is 14.8. The van der Waals surface area contributed by atoms with Crippen molar-refractivity contribution >= 4 is 11.3 Å². The Bertz CT molecular complexity index is 576. The van der Waals surface area contributed by atoms with Gasteiger partial charge in [0.2, 0.25) is 5.89 Å². The number of aromatic nitrogens is 1. The number of nitrogens with zero attached hydrogens (tertiary/aromatic N) is 3. The molecule has 0 radical (unpaired) electrons. The highest BCUT2D eigenvalue weighted by Gasteiger charge is 2.23. The Morgan fingerprint density at radius 3 is 3.05 bits per heavy atom. The van der Waals surface area contributed by atoms with Crippen molar-refractivity contribution < 1.29 is 4.42 Å². The molecular formula is C16H23N3OS. The predicted molar refractivity (Wildman–Crippen MR) is 86.5 cm³/mol. The third kappa shape index (κ3) is 3.36. The number of hydrogen-bond donors (Lipinski definition) is 0. The first-order valence-electron chi connectivity index (χ1n) is 7.51. The van der Waals surface area contributed by atoms with E-state index in [2.05, 4.69) is 40.7 Å². The molecule has 1 aliphatic rings. The van der Waals surface area contributed by atoms with Gasteiger partial charge in [0, 0.05) is 30.1 Å².